The molecule has 0 aliphatic carbocycles. The van der Waals surface area contributed by atoms with Gasteiger partial charge in [-0.1, -0.05) is 44.9 Å². The minimum Gasteiger partial charge on any atom is -0.361 e. The van der Waals surface area contributed by atoms with Crippen molar-refractivity contribution in [3.05, 3.63) is 36.0 Å². The van der Waals surface area contributed by atoms with E-state index in [1.807, 2.05) is 6.07 Å². The molecule has 8 heteroatoms. The average Bonchev–Trinajstić information content (AvgIpc) is 3.22. The van der Waals surface area contributed by atoms with E-state index < -0.39 is 0 Å². The number of nitrogens with one attached hydrogen (secondary N) is 2. The van der Waals surface area contributed by atoms with Crippen molar-refractivity contribution in [1.29, 1.82) is 0 Å². The number of fused-ring (bicyclic) bond motifs is 1. The first-order valence-corrected chi connectivity index (χ1v) is 16.1. The highest BCUT2D eigenvalue weighted by atomic mass is 32.2. The van der Waals surface area contributed by atoms with E-state index in [1.165, 1.54) is 10.9 Å². The molecule has 0 saturated carbocycles. The number of para-hydroxylation sites is 1. The number of thioether (sulfide) groups is 1. The number of carbonyl (C=O) groups is 2. The number of H-pyrrole nitrogens is 1. The Bertz CT molecular complexity index is 1040. The van der Waals surface area contributed by atoms with Crippen LogP contribution >= 0.6 is 11.8 Å². The van der Waals surface area contributed by atoms with Crippen molar-refractivity contribution in [3.63, 3.8) is 0 Å². The Morgan fingerprint density at radius 2 is 1.79 bits per heavy atom. The quantitative estimate of drug-likeness (QED) is 0.438. The molecule has 210 valence electrons. The van der Waals surface area contributed by atoms with Gasteiger partial charge in [-0.15, -0.1) is 0 Å². The van der Waals surface area contributed by atoms with Crippen LogP contribution in [0.3, 0.4) is 0 Å². The van der Waals surface area contributed by atoms with E-state index in [4.69, 9.17) is 0 Å². The molecule has 7 nitrogen and oxygen atoms in total. The fourth-order valence-corrected chi connectivity index (χ4v) is 6.77. The Labute approximate surface area is 233 Å². The monoisotopic (exact) mass is 541 g/mol. The smallest absolute Gasteiger partial charge is 0.240 e. The topological polar surface area (TPSA) is 71.7 Å². The Morgan fingerprint density at radius 1 is 1.00 bits per heavy atom. The van der Waals surface area contributed by atoms with Crippen LogP contribution in [0.2, 0.25) is 0 Å². The Morgan fingerprint density at radius 3 is 2.55 bits per heavy atom. The third-order valence-electron chi connectivity index (χ3n) is 8.29. The van der Waals surface area contributed by atoms with Gasteiger partial charge in [-0.25, -0.2) is 0 Å². The molecule has 0 bridgehead atoms. The number of rotatable bonds is 11. The molecule has 2 amide bonds. The highest BCUT2D eigenvalue weighted by Gasteiger charge is 2.37. The van der Waals surface area contributed by atoms with Crippen LogP contribution in [0.1, 0.15) is 64.0 Å². The summed E-state index contributed by atoms with van der Waals surface area (Å²) in [5.41, 5.74) is 2.30. The maximum Gasteiger partial charge on any atom is 0.240 e. The molecule has 2 aliphatic rings. The summed E-state index contributed by atoms with van der Waals surface area (Å²) in [5, 5.41) is 4.72. The predicted octanol–water partition coefficient (Wildman–Crippen LogP) is 4.51. The molecule has 3 heterocycles. The minimum atomic E-state index is -0.148. The Kier molecular flexibility index (Phi) is 11.0. The summed E-state index contributed by atoms with van der Waals surface area (Å²) < 4.78 is 0. The molecule has 2 saturated heterocycles. The van der Waals surface area contributed by atoms with Crippen LogP contribution in [0.5, 0.6) is 0 Å². The normalized spacial score (nSPS) is 20.2. The first-order chi connectivity index (χ1) is 18.6. The van der Waals surface area contributed by atoms with E-state index in [0.29, 0.717) is 12.5 Å². The fraction of sp³-hybridized carbons (Fsp3) is 0.667. The summed E-state index contributed by atoms with van der Waals surface area (Å²) in [6, 6.07) is 8.22. The van der Waals surface area contributed by atoms with Gasteiger partial charge >= 0.3 is 0 Å². The average molecular weight is 542 g/mol. The highest BCUT2D eigenvalue weighted by Crippen LogP contribution is 2.31. The number of hydrogen-bond acceptors (Lipinski definition) is 5. The lowest BCUT2D eigenvalue weighted by molar-refractivity contribution is -0.140. The molecule has 2 aliphatic heterocycles. The number of hydrogen-bond donors (Lipinski definition) is 2. The van der Waals surface area contributed by atoms with E-state index in [9.17, 15) is 9.59 Å². The van der Waals surface area contributed by atoms with Crippen molar-refractivity contribution in [2.45, 2.75) is 64.5 Å². The third kappa shape index (κ3) is 6.75. The molecule has 4 rings (SSSR count). The van der Waals surface area contributed by atoms with Crippen molar-refractivity contribution < 1.29 is 9.59 Å². The number of benzene rings is 1. The van der Waals surface area contributed by atoms with Crippen LogP contribution in [0.4, 0.5) is 0 Å². The van der Waals surface area contributed by atoms with Gasteiger partial charge in [0.1, 0.15) is 0 Å². The van der Waals surface area contributed by atoms with Crippen LogP contribution in [0, 0.1) is 5.92 Å². The van der Waals surface area contributed by atoms with Gasteiger partial charge in [0.25, 0.3) is 0 Å². The van der Waals surface area contributed by atoms with Crippen molar-refractivity contribution in [3.8, 4) is 0 Å². The molecule has 2 N–H and O–H groups in total. The van der Waals surface area contributed by atoms with Crippen molar-refractivity contribution in [2.24, 2.45) is 5.92 Å². The van der Waals surface area contributed by atoms with Crippen LogP contribution in [-0.2, 0) is 9.59 Å². The van der Waals surface area contributed by atoms with Crippen LogP contribution < -0.4 is 5.32 Å². The number of nitrogens with zero attached hydrogens (tertiary/aromatic N) is 3. The van der Waals surface area contributed by atoms with Gasteiger partial charge in [0, 0.05) is 74.4 Å². The number of aromatic nitrogens is 1. The summed E-state index contributed by atoms with van der Waals surface area (Å²) in [7, 11) is 0. The predicted molar refractivity (Wildman–Crippen MR) is 158 cm³/mol. The van der Waals surface area contributed by atoms with E-state index >= 15 is 0 Å². The Hall–Kier alpha value is -2.03. The molecule has 38 heavy (non-hydrogen) atoms. The van der Waals surface area contributed by atoms with Crippen molar-refractivity contribution in [1.82, 2.24) is 25.0 Å². The number of carbonyl (C=O) groups excluding carboxylic acids is 2. The number of amides is 2. The molecule has 2 aromatic rings. The molecule has 2 atom stereocenters. The summed E-state index contributed by atoms with van der Waals surface area (Å²) in [6.07, 6.45) is 10.00. The second-order valence-corrected chi connectivity index (χ2v) is 11.8. The zero-order valence-corrected chi connectivity index (χ0v) is 24.4. The zero-order chi connectivity index (χ0) is 26.9. The molecule has 0 spiro atoms. The zero-order valence-electron chi connectivity index (χ0n) is 23.6. The van der Waals surface area contributed by atoms with Gasteiger partial charge in [-0.05, 0) is 43.8 Å². The molecular weight excluding hydrogens is 494 g/mol. The summed E-state index contributed by atoms with van der Waals surface area (Å²) >= 11 is 1.80. The van der Waals surface area contributed by atoms with Crippen molar-refractivity contribution in [2.75, 3.05) is 57.8 Å². The fourth-order valence-electron chi connectivity index (χ4n) is 6.31. The summed E-state index contributed by atoms with van der Waals surface area (Å²) in [4.78, 5) is 37.7. The second kappa shape index (κ2) is 14.4. The van der Waals surface area contributed by atoms with Gasteiger partial charge in [0.2, 0.25) is 11.8 Å². The maximum atomic E-state index is 14.3. The maximum absolute atomic E-state index is 14.3. The van der Waals surface area contributed by atoms with E-state index in [2.05, 4.69) is 69.5 Å². The number of piperazine rings is 1. The number of aromatic amines is 1. The summed E-state index contributed by atoms with van der Waals surface area (Å²) in [6.45, 7) is 9.79. The van der Waals surface area contributed by atoms with E-state index in [1.54, 1.807) is 11.8 Å². The summed E-state index contributed by atoms with van der Waals surface area (Å²) in [5.74, 6) is 1.66. The largest absolute Gasteiger partial charge is 0.361 e. The molecule has 1 aromatic heterocycles. The Balaban J connectivity index is 1.51. The van der Waals surface area contributed by atoms with Gasteiger partial charge < -0.3 is 20.1 Å². The van der Waals surface area contributed by atoms with Gasteiger partial charge in [0.15, 0.2) is 0 Å². The molecule has 1 unspecified atom stereocenters. The lowest BCUT2D eigenvalue weighted by Gasteiger charge is -2.41. The van der Waals surface area contributed by atoms with E-state index in [0.717, 1.165) is 89.1 Å². The van der Waals surface area contributed by atoms with Gasteiger partial charge in [-0.3, -0.25) is 14.5 Å². The molecule has 0 radical (unpaired) electrons. The van der Waals surface area contributed by atoms with Gasteiger partial charge in [0.05, 0.1) is 12.1 Å². The first-order valence-electron chi connectivity index (χ1n) is 14.7. The van der Waals surface area contributed by atoms with Crippen LogP contribution in [0.25, 0.3) is 10.9 Å². The van der Waals surface area contributed by atoms with Gasteiger partial charge in [-0.2, -0.15) is 11.8 Å². The van der Waals surface area contributed by atoms with Crippen LogP contribution in [0.15, 0.2) is 30.5 Å². The molecule has 1 aromatic carbocycles. The second-order valence-electron chi connectivity index (χ2n) is 10.8. The SMILES string of the molecule is CCCC(CCC)C(=O)N1CCCN([C@H](CCSC)C(=O)N2CCNCC2c2c[nH]c3ccccc23)CC1. The minimum absolute atomic E-state index is 0.0121. The third-order valence-corrected chi connectivity index (χ3v) is 8.94. The van der Waals surface area contributed by atoms with E-state index in [-0.39, 0.29) is 23.9 Å². The molecule has 2 fully saturated rings. The first kappa shape index (κ1) is 29.0. The lowest BCUT2D eigenvalue weighted by Crippen LogP contribution is -2.56. The highest BCUT2D eigenvalue weighted by molar-refractivity contribution is 7.98. The molecular formula is C30H47N5O2S. The lowest BCUT2D eigenvalue weighted by atomic mass is 9.96. The van der Waals surface area contributed by atoms with Crippen molar-refractivity contribution >= 4 is 34.5 Å². The van der Waals surface area contributed by atoms with Crippen LogP contribution in [-0.4, -0.2) is 95.4 Å². The standard InChI is InChI=1S/C30H47N5O2S/c1-4-9-23(10-5-2)29(36)34-16-8-15-33(18-19-34)27(13-20-38-3)30(37)35-17-14-31-22-28(35)25-21-32-26-12-7-6-11-24(25)26/h6-7,11-12,21,23,27-28,31-32H,4-5,8-10,13-20,22H2,1-3H3/t27-,28?/m1/s1.